The Morgan fingerprint density at radius 2 is 1.29 bits per heavy atom. The predicted molar refractivity (Wildman–Crippen MR) is 112 cm³/mol. The van der Waals surface area contributed by atoms with Gasteiger partial charge in [-0.25, -0.2) is 0 Å². The van der Waals surface area contributed by atoms with E-state index in [9.17, 15) is 10.2 Å². The molecule has 0 saturated carbocycles. The van der Waals surface area contributed by atoms with E-state index in [0.717, 1.165) is 0 Å². The molecule has 2 aromatic rings. The van der Waals surface area contributed by atoms with Gasteiger partial charge in [-0.3, -0.25) is 0 Å². The first-order valence-corrected chi connectivity index (χ1v) is 10.1. The van der Waals surface area contributed by atoms with Gasteiger partial charge in [0.1, 0.15) is 0 Å². The Hall–Kier alpha value is -2.84. The third kappa shape index (κ3) is 3.04. The van der Waals surface area contributed by atoms with Crippen LogP contribution in [0.25, 0.3) is 11.1 Å². The summed E-state index contributed by atoms with van der Waals surface area (Å²) in [4.78, 5) is 0. The summed E-state index contributed by atoms with van der Waals surface area (Å²) in [6, 6.07) is 3.52. The number of ether oxygens (including phenoxy) is 6. The molecule has 0 amide bonds. The van der Waals surface area contributed by atoms with Crippen LogP contribution in [-0.4, -0.2) is 45.4 Å². The zero-order chi connectivity index (χ0) is 22.4. The van der Waals surface area contributed by atoms with Crippen molar-refractivity contribution in [3.05, 3.63) is 23.3 Å². The van der Waals surface area contributed by atoms with E-state index in [-0.39, 0.29) is 18.6 Å². The molecule has 1 heterocycles. The van der Waals surface area contributed by atoms with Crippen LogP contribution < -0.4 is 28.4 Å². The van der Waals surface area contributed by atoms with Crippen molar-refractivity contribution in [1.29, 1.82) is 0 Å². The molecule has 4 atom stereocenters. The van der Waals surface area contributed by atoms with E-state index in [1.54, 1.807) is 12.1 Å². The summed E-state index contributed by atoms with van der Waals surface area (Å²) in [5.41, 5.74) is 2.29. The number of aliphatic hydroxyl groups excluding tert-OH is 2. The Labute approximate surface area is 181 Å². The molecule has 4 rings (SSSR count). The third-order valence-electron chi connectivity index (χ3n) is 6.43. The second-order valence-electron chi connectivity index (χ2n) is 7.83. The predicted octanol–water partition coefficient (Wildman–Crippen LogP) is 3.47. The van der Waals surface area contributed by atoms with Gasteiger partial charge in [0.25, 0.3) is 0 Å². The van der Waals surface area contributed by atoms with Gasteiger partial charge in [0.2, 0.25) is 18.3 Å². The van der Waals surface area contributed by atoms with E-state index in [4.69, 9.17) is 28.4 Å². The number of aliphatic hydroxyl groups is 2. The fourth-order valence-corrected chi connectivity index (χ4v) is 4.52. The zero-order valence-electron chi connectivity index (χ0n) is 18.5. The quantitative estimate of drug-likeness (QED) is 0.758. The number of benzene rings is 2. The van der Waals surface area contributed by atoms with Gasteiger partial charge in [0.05, 0.1) is 40.6 Å². The van der Waals surface area contributed by atoms with Crippen LogP contribution in [-0.2, 0) is 0 Å². The number of fused-ring (bicyclic) bond motifs is 4. The van der Waals surface area contributed by atoms with Gasteiger partial charge >= 0.3 is 0 Å². The summed E-state index contributed by atoms with van der Waals surface area (Å²) in [5.74, 6) is 1.95. The van der Waals surface area contributed by atoms with E-state index in [2.05, 4.69) is 0 Å². The van der Waals surface area contributed by atoms with E-state index >= 15 is 0 Å². The minimum Gasteiger partial charge on any atom is -0.493 e. The van der Waals surface area contributed by atoms with Crippen molar-refractivity contribution in [1.82, 2.24) is 0 Å². The summed E-state index contributed by atoms with van der Waals surface area (Å²) >= 11 is 0. The topological polar surface area (TPSA) is 95.8 Å². The van der Waals surface area contributed by atoms with Crippen LogP contribution in [0, 0.1) is 11.8 Å². The molecular weight excluding hydrogens is 404 g/mol. The molecule has 1 aliphatic carbocycles. The lowest BCUT2D eigenvalue weighted by molar-refractivity contribution is 0.0197. The monoisotopic (exact) mass is 432 g/mol. The highest BCUT2D eigenvalue weighted by Crippen LogP contribution is 2.59. The first-order valence-electron chi connectivity index (χ1n) is 10.1. The highest BCUT2D eigenvalue weighted by atomic mass is 16.7. The fraction of sp³-hybridized carbons (Fsp3) is 0.478. The number of hydrogen-bond donors (Lipinski definition) is 2. The molecule has 0 bridgehead atoms. The van der Waals surface area contributed by atoms with Crippen LogP contribution in [0.15, 0.2) is 12.1 Å². The van der Waals surface area contributed by atoms with Gasteiger partial charge in [-0.15, -0.1) is 0 Å². The molecule has 0 saturated heterocycles. The molecule has 2 aliphatic rings. The fourth-order valence-electron chi connectivity index (χ4n) is 4.52. The Bertz CT molecular complexity index is 1000. The van der Waals surface area contributed by atoms with Crippen molar-refractivity contribution in [2.24, 2.45) is 11.8 Å². The SMILES string of the molecule is COc1cc2c(c(OC)c1OC)-c1c(cc3c(c1OC)OCO3)[C@H](O)[C@H](C)[C@H](C)[C@H]2O. The number of rotatable bonds is 4. The summed E-state index contributed by atoms with van der Waals surface area (Å²) in [6.45, 7) is 3.86. The molecule has 0 spiro atoms. The number of hydrogen-bond acceptors (Lipinski definition) is 8. The summed E-state index contributed by atoms with van der Waals surface area (Å²) in [7, 11) is 6.09. The molecule has 8 heteroatoms. The standard InChI is InChI=1S/C23H28O8/c1-10-11(2)19(25)13-8-15-21(31-9-30-15)23(29-6)17(13)16-12(18(10)24)7-14(26-3)20(27-4)22(16)28-5/h7-8,10-11,18-19,24-25H,9H2,1-6H3/t10-,11+,18+,19+/m0/s1. The van der Waals surface area contributed by atoms with Crippen LogP contribution in [0.2, 0.25) is 0 Å². The van der Waals surface area contributed by atoms with Crippen molar-refractivity contribution >= 4 is 0 Å². The van der Waals surface area contributed by atoms with E-state index in [1.807, 2.05) is 13.8 Å². The summed E-state index contributed by atoms with van der Waals surface area (Å²) in [5, 5.41) is 22.7. The highest BCUT2D eigenvalue weighted by molar-refractivity contribution is 5.89. The lowest BCUT2D eigenvalue weighted by atomic mass is 9.74. The van der Waals surface area contributed by atoms with Gasteiger partial charge in [0, 0.05) is 11.1 Å². The van der Waals surface area contributed by atoms with E-state index in [1.165, 1.54) is 28.4 Å². The lowest BCUT2D eigenvalue weighted by Crippen LogP contribution is -2.26. The Morgan fingerprint density at radius 3 is 1.84 bits per heavy atom. The van der Waals surface area contributed by atoms with Crippen molar-refractivity contribution in [2.45, 2.75) is 26.1 Å². The van der Waals surface area contributed by atoms with Crippen LogP contribution >= 0.6 is 0 Å². The van der Waals surface area contributed by atoms with E-state index < -0.39 is 12.2 Å². The second kappa shape index (κ2) is 8.01. The lowest BCUT2D eigenvalue weighted by Gasteiger charge is -2.35. The Morgan fingerprint density at radius 1 is 0.742 bits per heavy atom. The second-order valence-corrected chi connectivity index (χ2v) is 7.83. The van der Waals surface area contributed by atoms with Crippen LogP contribution in [0.5, 0.6) is 34.5 Å². The molecular formula is C23H28O8. The molecule has 168 valence electrons. The van der Waals surface area contributed by atoms with Crippen LogP contribution in [0.3, 0.4) is 0 Å². The Balaban J connectivity index is 2.20. The molecule has 0 radical (unpaired) electrons. The van der Waals surface area contributed by atoms with Gasteiger partial charge < -0.3 is 38.6 Å². The molecule has 1 aliphatic heterocycles. The molecule has 2 aromatic carbocycles. The van der Waals surface area contributed by atoms with E-state index in [0.29, 0.717) is 56.8 Å². The smallest absolute Gasteiger partial charge is 0.231 e. The average molecular weight is 432 g/mol. The molecule has 0 unspecified atom stereocenters. The van der Waals surface area contributed by atoms with Crippen molar-refractivity contribution < 1.29 is 38.6 Å². The van der Waals surface area contributed by atoms with Gasteiger partial charge in [-0.1, -0.05) is 13.8 Å². The van der Waals surface area contributed by atoms with Crippen LogP contribution in [0.1, 0.15) is 37.2 Å². The van der Waals surface area contributed by atoms with Crippen molar-refractivity contribution in [3.63, 3.8) is 0 Å². The molecule has 2 N–H and O–H groups in total. The maximum atomic E-state index is 11.3. The third-order valence-corrected chi connectivity index (χ3v) is 6.43. The van der Waals surface area contributed by atoms with Gasteiger partial charge in [0.15, 0.2) is 23.0 Å². The number of methoxy groups -OCH3 is 4. The summed E-state index contributed by atoms with van der Waals surface area (Å²) < 4.78 is 33.9. The molecule has 0 fully saturated rings. The zero-order valence-corrected chi connectivity index (χ0v) is 18.5. The van der Waals surface area contributed by atoms with Gasteiger partial charge in [-0.2, -0.15) is 0 Å². The highest BCUT2D eigenvalue weighted by Gasteiger charge is 2.40. The maximum absolute atomic E-state index is 11.3. The largest absolute Gasteiger partial charge is 0.493 e. The minimum absolute atomic E-state index is 0.0508. The average Bonchev–Trinajstić information content (AvgIpc) is 3.27. The Kier molecular flexibility index (Phi) is 5.53. The van der Waals surface area contributed by atoms with Gasteiger partial charge in [-0.05, 0) is 35.1 Å². The summed E-state index contributed by atoms with van der Waals surface area (Å²) in [6.07, 6.45) is -1.80. The minimum atomic E-state index is -0.906. The first-order chi connectivity index (χ1) is 14.9. The molecule has 8 nitrogen and oxygen atoms in total. The normalized spacial score (nSPS) is 23.9. The van der Waals surface area contributed by atoms with Crippen molar-refractivity contribution in [2.75, 3.05) is 35.2 Å². The maximum Gasteiger partial charge on any atom is 0.231 e. The van der Waals surface area contributed by atoms with Crippen molar-refractivity contribution in [3.8, 4) is 45.6 Å². The molecule has 0 aromatic heterocycles. The van der Waals surface area contributed by atoms with Crippen LogP contribution in [0.4, 0.5) is 0 Å². The molecule has 31 heavy (non-hydrogen) atoms. The first kappa shape index (κ1) is 21.4.